The Labute approximate surface area is 129 Å². The van der Waals surface area contributed by atoms with Gasteiger partial charge in [-0.05, 0) is 42.8 Å². The molecule has 0 aromatic heterocycles. The predicted octanol–water partition coefficient (Wildman–Crippen LogP) is 3.68. The molecule has 0 aliphatic carbocycles. The Kier molecular flexibility index (Phi) is 4.38. The number of nitrogens with zero attached hydrogens (tertiary/aromatic N) is 1. The number of nitrogens with one attached hydrogen (secondary N) is 1. The molecule has 1 amide bonds. The first-order valence-corrected chi connectivity index (χ1v) is 6.90. The van der Waals surface area contributed by atoms with Crippen LogP contribution in [0.1, 0.15) is 15.9 Å². The molecule has 110 valence electrons. The highest BCUT2D eigenvalue weighted by atomic mass is 35.5. The van der Waals surface area contributed by atoms with E-state index in [2.05, 4.69) is 5.32 Å². The third kappa shape index (κ3) is 3.47. The summed E-state index contributed by atoms with van der Waals surface area (Å²) in [7, 11) is 3.42. The van der Waals surface area contributed by atoms with Gasteiger partial charge in [0.05, 0.1) is 22.0 Å². The topological polar surface area (TPSA) is 58.4 Å². The zero-order valence-electron chi connectivity index (χ0n) is 12.3. The number of nitrogens with two attached hydrogens (primary N) is 1. The Balaban J connectivity index is 2.45. The van der Waals surface area contributed by atoms with E-state index in [0.29, 0.717) is 22.0 Å². The third-order valence-electron chi connectivity index (χ3n) is 3.07. The molecule has 2 rings (SSSR count). The summed E-state index contributed by atoms with van der Waals surface area (Å²) in [5, 5.41) is 3.79. The summed E-state index contributed by atoms with van der Waals surface area (Å²) in [5.41, 5.74) is 9.42. The van der Waals surface area contributed by atoms with Gasteiger partial charge in [0.2, 0.25) is 0 Å². The molecule has 0 unspecified atom stereocenters. The molecule has 0 aliphatic heterocycles. The molecule has 4 nitrogen and oxygen atoms in total. The monoisotopic (exact) mass is 303 g/mol. The average Bonchev–Trinajstić information content (AvgIpc) is 2.42. The number of hydrogen-bond acceptors (Lipinski definition) is 3. The number of nitrogen functional groups attached to an aromatic ring is 1. The van der Waals surface area contributed by atoms with E-state index in [9.17, 15) is 4.79 Å². The maximum absolute atomic E-state index is 12.2. The summed E-state index contributed by atoms with van der Waals surface area (Å²) in [6, 6.07) is 10.8. The van der Waals surface area contributed by atoms with Gasteiger partial charge in [-0.1, -0.05) is 17.7 Å². The van der Waals surface area contributed by atoms with Crippen LogP contribution in [0.5, 0.6) is 0 Å². The number of carbonyl (C=O) groups is 1. The van der Waals surface area contributed by atoms with E-state index < -0.39 is 0 Å². The van der Waals surface area contributed by atoms with E-state index in [1.54, 1.807) is 32.3 Å². The van der Waals surface area contributed by atoms with E-state index in [1.165, 1.54) is 4.90 Å². The fraction of sp³-hybridized carbons (Fsp3) is 0.188. The highest BCUT2D eigenvalue weighted by Gasteiger charge is 2.14. The molecule has 0 bridgehead atoms. The first kappa shape index (κ1) is 15.2. The molecule has 2 aromatic carbocycles. The van der Waals surface area contributed by atoms with Crippen molar-refractivity contribution < 1.29 is 4.79 Å². The molecule has 0 aliphatic rings. The van der Waals surface area contributed by atoms with Crippen molar-refractivity contribution in [3.63, 3.8) is 0 Å². The van der Waals surface area contributed by atoms with Gasteiger partial charge in [-0.15, -0.1) is 0 Å². The van der Waals surface area contributed by atoms with Crippen LogP contribution in [0.25, 0.3) is 0 Å². The second-order valence-corrected chi connectivity index (χ2v) is 5.52. The molecule has 21 heavy (non-hydrogen) atoms. The Bertz CT molecular complexity index is 683. The Hall–Kier alpha value is -2.20. The normalized spacial score (nSPS) is 10.3. The number of anilines is 3. The molecular weight excluding hydrogens is 286 g/mol. The van der Waals surface area contributed by atoms with E-state index in [1.807, 2.05) is 25.1 Å². The largest absolute Gasteiger partial charge is 0.399 e. The highest BCUT2D eigenvalue weighted by molar-refractivity contribution is 6.33. The minimum atomic E-state index is -0.0960. The van der Waals surface area contributed by atoms with Gasteiger partial charge in [-0.3, -0.25) is 4.79 Å². The second kappa shape index (κ2) is 6.06. The third-order valence-corrected chi connectivity index (χ3v) is 3.40. The summed E-state index contributed by atoms with van der Waals surface area (Å²) >= 11 is 6.19. The van der Waals surface area contributed by atoms with Crippen LogP contribution in [-0.2, 0) is 0 Å². The van der Waals surface area contributed by atoms with Crippen LogP contribution in [0.4, 0.5) is 17.1 Å². The lowest BCUT2D eigenvalue weighted by Gasteiger charge is -2.17. The van der Waals surface area contributed by atoms with Crippen LogP contribution in [0.3, 0.4) is 0 Å². The van der Waals surface area contributed by atoms with Crippen LogP contribution in [0, 0.1) is 6.92 Å². The van der Waals surface area contributed by atoms with E-state index in [0.717, 1.165) is 11.3 Å². The first-order valence-electron chi connectivity index (χ1n) is 6.53. The molecule has 0 radical (unpaired) electrons. The SMILES string of the molecule is Cc1ccc(Cl)c(Nc2cc(N)ccc2C(=O)N(C)C)c1. The van der Waals surface area contributed by atoms with Crippen molar-refractivity contribution in [1.29, 1.82) is 0 Å². The standard InChI is InChI=1S/C16H18ClN3O/c1-10-4-7-13(17)15(8-10)19-14-9-11(18)5-6-12(14)16(21)20(2)3/h4-9,19H,18H2,1-3H3. The zero-order chi connectivity index (χ0) is 15.6. The van der Waals surface area contributed by atoms with E-state index in [-0.39, 0.29) is 5.91 Å². The second-order valence-electron chi connectivity index (χ2n) is 5.11. The van der Waals surface area contributed by atoms with Gasteiger partial charge in [0.25, 0.3) is 5.91 Å². The van der Waals surface area contributed by atoms with E-state index in [4.69, 9.17) is 17.3 Å². The van der Waals surface area contributed by atoms with Gasteiger partial charge in [0, 0.05) is 19.8 Å². The van der Waals surface area contributed by atoms with Gasteiger partial charge in [-0.2, -0.15) is 0 Å². The maximum Gasteiger partial charge on any atom is 0.255 e. The van der Waals surface area contributed by atoms with Crippen LogP contribution in [-0.4, -0.2) is 24.9 Å². The van der Waals surface area contributed by atoms with Crippen molar-refractivity contribution in [3.05, 3.63) is 52.5 Å². The number of amides is 1. The van der Waals surface area contributed by atoms with Crippen molar-refractivity contribution >= 4 is 34.6 Å². The van der Waals surface area contributed by atoms with Crippen molar-refractivity contribution in [2.75, 3.05) is 25.1 Å². The molecule has 0 heterocycles. The quantitative estimate of drug-likeness (QED) is 0.850. The Morgan fingerprint density at radius 1 is 1.14 bits per heavy atom. The summed E-state index contributed by atoms with van der Waals surface area (Å²) < 4.78 is 0. The molecule has 5 heteroatoms. The minimum absolute atomic E-state index is 0.0960. The summed E-state index contributed by atoms with van der Waals surface area (Å²) in [6.45, 7) is 1.98. The summed E-state index contributed by atoms with van der Waals surface area (Å²) in [6.07, 6.45) is 0. The number of carbonyl (C=O) groups excluding carboxylic acids is 1. The minimum Gasteiger partial charge on any atom is -0.399 e. The molecule has 0 spiro atoms. The lowest BCUT2D eigenvalue weighted by atomic mass is 10.1. The van der Waals surface area contributed by atoms with Gasteiger partial charge in [-0.25, -0.2) is 0 Å². The number of benzene rings is 2. The Morgan fingerprint density at radius 2 is 1.86 bits per heavy atom. The molecular formula is C16H18ClN3O. The molecule has 0 fully saturated rings. The average molecular weight is 304 g/mol. The molecule has 0 saturated heterocycles. The summed E-state index contributed by atoms with van der Waals surface area (Å²) in [5.74, 6) is -0.0960. The van der Waals surface area contributed by atoms with Crippen molar-refractivity contribution in [2.45, 2.75) is 6.92 Å². The molecule has 0 atom stereocenters. The van der Waals surface area contributed by atoms with Crippen molar-refractivity contribution in [3.8, 4) is 0 Å². The maximum atomic E-state index is 12.2. The van der Waals surface area contributed by atoms with Gasteiger partial charge < -0.3 is 16.0 Å². The fourth-order valence-corrected chi connectivity index (χ4v) is 2.14. The number of aryl methyl sites for hydroxylation is 1. The van der Waals surface area contributed by atoms with Gasteiger partial charge in [0.15, 0.2) is 0 Å². The van der Waals surface area contributed by atoms with Crippen LogP contribution >= 0.6 is 11.6 Å². The van der Waals surface area contributed by atoms with Crippen molar-refractivity contribution in [2.24, 2.45) is 0 Å². The van der Waals surface area contributed by atoms with Gasteiger partial charge in [0.1, 0.15) is 0 Å². The fourth-order valence-electron chi connectivity index (χ4n) is 1.97. The van der Waals surface area contributed by atoms with Gasteiger partial charge >= 0.3 is 0 Å². The number of rotatable bonds is 3. The zero-order valence-corrected chi connectivity index (χ0v) is 13.0. The lowest BCUT2D eigenvalue weighted by molar-refractivity contribution is 0.0828. The Morgan fingerprint density at radius 3 is 2.52 bits per heavy atom. The lowest BCUT2D eigenvalue weighted by Crippen LogP contribution is -2.22. The number of hydrogen-bond donors (Lipinski definition) is 2. The molecule has 3 N–H and O–H groups in total. The summed E-state index contributed by atoms with van der Waals surface area (Å²) in [4.78, 5) is 13.8. The smallest absolute Gasteiger partial charge is 0.255 e. The molecule has 2 aromatic rings. The van der Waals surface area contributed by atoms with E-state index >= 15 is 0 Å². The van der Waals surface area contributed by atoms with Crippen LogP contribution < -0.4 is 11.1 Å². The number of halogens is 1. The predicted molar refractivity (Wildman–Crippen MR) is 88.3 cm³/mol. The van der Waals surface area contributed by atoms with Crippen LogP contribution in [0.2, 0.25) is 5.02 Å². The first-order chi connectivity index (χ1) is 9.88. The van der Waals surface area contributed by atoms with Crippen LogP contribution in [0.15, 0.2) is 36.4 Å². The highest BCUT2D eigenvalue weighted by Crippen LogP contribution is 2.29. The molecule has 0 saturated carbocycles. The van der Waals surface area contributed by atoms with Crippen molar-refractivity contribution in [1.82, 2.24) is 4.90 Å².